The van der Waals surface area contributed by atoms with Crippen LogP contribution in [0.15, 0.2) is 0 Å². The van der Waals surface area contributed by atoms with E-state index < -0.39 is 51.4 Å². The molecule has 2 radical (unpaired) electrons. The summed E-state index contributed by atoms with van der Waals surface area (Å²) >= 11 is 8.90. The molecule has 0 saturated carbocycles. The fourth-order valence-corrected chi connectivity index (χ4v) is 5.54. The summed E-state index contributed by atoms with van der Waals surface area (Å²) in [5.41, 5.74) is 0. The second-order valence-corrected chi connectivity index (χ2v) is 9.39. The van der Waals surface area contributed by atoms with Gasteiger partial charge in [-0.1, -0.05) is 0 Å². The van der Waals surface area contributed by atoms with E-state index in [0.29, 0.717) is 0 Å². The standard InChI is InChI=1S/2C5H10NO2S.Ga/c2*1-5(2,9)3(6)4(7)8;/h2*3,6,9H,1-2H3,(H,7,8);/q2*-1;+1. The Labute approximate surface area is 132 Å². The average molecular weight is 366 g/mol. The molecule has 0 aromatic carbocycles. The first-order chi connectivity index (χ1) is 8.37. The van der Waals surface area contributed by atoms with Crippen LogP contribution in [0.25, 0.3) is 0 Å². The average Bonchev–Trinajstić information content (AvgIpc) is 2.11. The van der Waals surface area contributed by atoms with Crippen LogP contribution in [-0.2, 0) is 34.8 Å². The van der Waals surface area contributed by atoms with E-state index in [1.165, 1.54) is 0 Å². The maximum absolute atomic E-state index is 11.2. The molecule has 2 unspecified atom stereocenters. The van der Waals surface area contributed by atoms with Crippen molar-refractivity contribution in [2.45, 2.75) is 49.3 Å². The van der Waals surface area contributed by atoms with Gasteiger partial charge in [-0.3, -0.25) is 0 Å². The first-order valence-electron chi connectivity index (χ1n) is 5.63. The summed E-state index contributed by atoms with van der Waals surface area (Å²) in [7, 11) is 0. The van der Waals surface area contributed by atoms with E-state index in [4.69, 9.17) is 35.5 Å². The van der Waals surface area contributed by atoms with Gasteiger partial charge in [-0.2, -0.15) is 0 Å². The summed E-state index contributed by atoms with van der Waals surface area (Å²) < 4.78 is 4.33. The zero-order valence-electron chi connectivity index (χ0n) is 11.4. The fourth-order valence-electron chi connectivity index (χ4n) is 1.40. The van der Waals surface area contributed by atoms with Crippen LogP contribution in [0.3, 0.4) is 0 Å². The molecule has 0 aliphatic carbocycles. The summed E-state index contributed by atoms with van der Waals surface area (Å²) in [6.07, 6.45) is 0. The molecule has 0 heterocycles. The van der Waals surface area contributed by atoms with E-state index >= 15 is 0 Å². The summed E-state index contributed by atoms with van der Waals surface area (Å²) in [4.78, 5) is 22.4. The van der Waals surface area contributed by atoms with Gasteiger partial charge in [-0.25, -0.2) is 0 Å². The number of hydrogen-bond donors (Lipinski definition) is 2. The molecule has 0 bridgehead atoms. The minimum atomic E-state index is -1.41. The molecule has 0 aromatic rings. The van der Waals surface area contributed by atoms with Gasteiger partial charge in [0.05, 0.1) is 0 Å². The molecule has 110 valence electrons. The van der Waals surface area contributed by atoms with E-state index in [1.807, 2.05) is 0 Å². The Morgan fingerprint density at radius 2 is 1.21 bits per heavy atom. The Morgan fingerprint density at radius 3 is 1.37 bits per heavy atom. The third-order valence-corrected chi connectivity index (χ3v) is 4.98. The van der Waals surface area contributed by atoms with E-state index in [-0.39, 0.29) is 0 Å². The van der Waals surface area contributed by atoms with Crippen molar-refractivity contribution in [2.75, 3.05) is 0 Å². The van der Waals surface area contributed by atoms with Gasteiger partial charge in [0.2, 0.25) is 0 Å². The van der Waals surface area contributed by atoms with Crippen molar-refractivity contribution in [1.82, 2.24) is 8.05 Å². The van der Waals surface area contributed by atoms with Crippen LogP contribution in [0.5, 0.6) is 0 Å². The monoisotopic (exact) mass is 365 g/mol. The topological polar surface area (TPSA) is 104 Å². The van der Waals surface area contributed by atoms with Crippen molar-refractivity contribution in [3.63, 3.8) is 0 Å². The second kappa shape index (κ2) is 7.28. The zero-order valence-corrected chi connectivity index (χ0v) is 15.4. The molecule has 9 heteroatoms. The van der Waals surface area contributed by atoms with Gasteiger partial charge in [0.25, 0.3) is 0 Å². The third-order valence-electron chi connectivity index (χ3n) is 2.41. The predicted octanol–water partition coefficient (Wildman–Crippen LogP) is -2.41. The van der Waals surface area contributed by atoms with Crippen molar-refractivity contribution >= 4 is 55.1 Å². The Morgan fingerprint density at radius 1 is 0.947 bits per heavy atom. The molecular weight excluding hydrogens is 346 g/mol. The van der Waals surface area contributed by atoms with Crippen molar-refractivity contribution < 1.29 is 19.8 Å². The molecule has 0 spiro atoms. The van der Waals surface area contributed by atoms with Crippen LogP contribution < -0.4 is 8.05 Å². The first kappa shape index (κ1) is 19.2. The molecular formula is C10H20GaN2O4S2-. The molecule has 0 aliphatic rings. The fraction of sp³-hybridized carbons (Fsp3) is 0.800. The molecule has 0 saturated heterocycles. The van der Waals surface area contributed by atoms with Crippen molar-refractivity contribution in [3.05, 3.63) is 0 Å². The van der Waals surface area contributed by atoms with Crippen LogP contribution in [0.1, 0.15) is 27.7 Å². The predicted molar refractivity (Wildman–Crippen MR) is 79.7 cm³/mol. The minimum absolute atomic E-state index is 0.760. The Hall–Kier alpha value is 0.196. The Kier molecular flexibility index (Phi) is 7.35. The van der Waals surface area contributed by atoms with Crippen LogP contribution in [0.4, 0.5) is 0 Å². The van der Waals surface area contributed by atoms with Gasteiger partial charge in [-0.15, -0.1) is 0 Å². The first-order valence-corrected chi connectivity index (χ1v) is 8.87. The van der Waals surface area contributed by atoms with Gasteiger partial charge in [0.1, 0.15) is 0 Å². The third kappa shape index (κ3) is 6.96. The quantitative estimate of drug-likeness (QED) is 0.282. The van der Waals surface area contributed by atoms with E-state index in [9.17, 15) is 9.59 Å². The van der Waals surface area contributed by atoms with E-state index in [0.717, 1.165) is 0 Å². The van der Waals surface area contributed by atoms with Crippen molar-refractivity contribution in [2.24, 2.45) is 0 Å². The summed E-state index contributed by atoms with van der Waals surface area (Å²) in [5.74, 6) is -1.55. The molecule has 19 heavy (non-hydrogen) atoms. The summed E-state index contributed by atoms with van der Waals surface area (Å²) in [6, 6.07) is -1.52. The maximum atomic E-state index is 11.2. The van der Waals surface area contributed by atoms with Crippen LogP contribution >= 0.6 is 0 Å². The van der Waals surface area contributed by atoms with Gasteiger partial charge in [-0.05, 0) is 0 Å². The second-order valence-electron chi connectivity index (χ2n) is 5.28. The number of carbonyl (C=O) groups excluding carboxylic acids is 2. The summed E-state index contributed by atoms with van der Waals surface area (Å²) in [5, 5.41) is 14.4. The van der Waals surface area contributed by atoms with E-state index in [1.54, 1.807) is 27.7 Å². The molecule has 6 nitrogen and oxygen atoms in total. The normalized spacial score (nSPS) is 15.9. The molecule has 0 aliphatic heterocycles. The van der Waals surface area contributed by atoms with Gasteiger partial charge in [0.15, 0.2) is 0 Å². The molecule has 2 atom stereocenters. The van der Waals surface area contributed by atoms with Crippen LogP contribution in [0.2, 0.25) is 0 Å². The van der Waals surface area contributed by atoms with Gasteiger partial charge < -0.3 is 0 Å². The summed E-state index contributed by atoms with van der Waals surface area (Å²) in [6.45, 7) is 6.75. The zero-order chi connectivity index (χ0) is 15.4. The van der Waals surface area contributed by atoms with Crippen molar-refractivity contribution in [3.8, 4) is 0 Å². The Bertz CT molecular complexity index is 309. The molecule has 0 fully saturated rings. The van der Waals surface area contributed by atoms with E-state index in [2.05, 4.69) is 8.05 Å². The van der Waals surface area contributed by atoms with Gasteiger partial charge >= 0.3 is 132 Å². The van der Waals surface area contributed by atoms with Gasteiger partial charge in [0, 0.05) is 0 Å². The molecule has 0 aromatic heterocycles. The number of carbonyl (C=O) groups is 2. The Balaban J connectivity index is 4.56. The number of nitrogens with one attached hydrogen (secondary N) is 2. The number of rotatable bonds is 8. The van der Waals surface area contributed by atoms with Crippen LogP contribution in [0, 0.1) is 0 Å². The van der Waals surface area contributed by atoms with Crippen molar-refractivity contribution in [1.29, 1.82) is 0 Å². The SMILES string of the molecule is CC(C)([S-])C([NH][Ga-][NH]C(C(=O)[OH2+])C(C)(C)[S-])C(=O)[OH2+]. The molecule has 0 amide bonds. The number of hydrogen-bond acceptors (Lipinski definition) is 6. The molecule has 6 N–H and O–H groups in total. The van der Waals surface area contributed by atoms with Crippen LogP contribution in [-0.4, -0.2) is 61.6 Å². The molecule has 0 rings (SSSR count).